The molecule has 1 saturated carbocycles. The van der Waals surface area contributed by atoms with Gasteiger partial charge < -0.3 is 15.5 Å². The maximum Gasteiger partial charge on any atom is 0.423 e. The van der Waals surface area contributed by atoms with Crippen molar-refractivity contribution in [2.45, 2.75) is 13.3 Å². The Bertz CT molecular complexity index is 1140. The van der Waals surface area contributed by atoms with Crippen LogP contribution in [0, 0.1) is 30.1 Å². The second kappa shape index (κ2) is 5.74. The Balaban J connectivity index is 1.72. The Morgan fingerprint density at radius 2 is 2.27 bits per heavy atom. The first-order chi connectivity index (χ1) is 12.5. The predicted octanol–water partition coefficient (Wildman–Crippen LogP) is 1.97. The van der Waals surface area contributed by atoms with Crippen LogP contribution in [0.25, 0.3) is 16.5 Å². The monoisotopic (exact) mass is 349 g/mol. The Morgan fingerprint density at radius 3 is 2.92 bits per heavy atom. The van der Waals surface area contributed by atoms with Gasteiger partial charge in [-0.15, -0.1) is 0 Å². The fourth-order valence-electron chi connectivity index (χ4n) is 3.01. The normalized spacial score (nSPS) is 18.5. The summed E-state index contributed by atoms with van der Waals surface area (Å²) in [6.07, 6.45) is 3.53. The summed E-state index contributed by atoms with van der Waals surface area (Å²) in [4.78, 5) is 28.2. The third-order valence-corrected chi connectivity index (χ3v) is 4.52. The molecule has 0 saturated heterocycles. The van der Waals surface area contributed by atoms with Crippen molar-refractivity contribution in [3.05, 3.63) is 46.9 Å². The molecule has 0 unspecified atom stereocenters. The molecule has 1 amide bonds. The number of nitrogens with one attached hydrogen (secondary N) is 1. The van der Waals surface area contributed by atoms with Crippen LogP contribution in [0.4, 0.5) is 11.5 Å². The van der Waals surface area contributed by atoms with E-state index in [1.807, 2.05) is 0 Å². The van der Waals surface area contributed by atoms with Crippen LogP contribution in [0.1, 0.15) is 12.1 Å². The van der Waals surface area contributed by atoms with Crippen molar-refractivity contribution in [3.63, 3.8) is 0 Å². The molecule has 2 heterocycles. The number of hydrogen-bond acceptors (Lipinski definition) is 6. The number of nitrogens with two attached hydrogens (primary N) is 1. The lowest BCUT2D eigenvalue weighted by Crippen LogP contribution is -2.15. The molecule has 0 bridgehead atoms. The van der Waals surface area contributed by atoms with E-state index in [1.165, 1.54) is 10.8 Å². The van der Waals surface area contributed by atoms with Gasteiger partial charge in [0.1, 0.15) is 12.1 Å². The molecule has 1 aromatic carbocycles. The summed E-state index contributed by atoms with van der Waals surface area (Å²) in [6.45, 7) is 1.75. The van der Waals surface area contributed by atoms with E-state index in [0.717, 1.165) is 5.39 Å². The topological polar surface area (TPSA) is 127 Å². The third-order valence-electron chi connectivity index (χ3n) is 4.52. The summed E-state index contributed by atoms with van der Waals surface area (Å²) in [7, 11) is 0. The summed E-state index contributed by atoms with van der Waals surface area (Å²) in [5, 5.41) is 13.0. The molecule has 3 aromatic rings. The van der Waals surface area contributed by atoms with Gasteiger partial charge in [0.05, 0.1) is 29.3 Å². The number of pyridine rings is 1. The van der Waals surface area contributed by atoms with Crippen LogP contribution in [0.2, 0.25) is 0 Å². The molecule has 0 radical (unpaired) electrons. The number of amides is 1. The number of oxazole rings is 1. The largest absolute Gasteiger partial charge is 0.423 e. The number of carbonyl (C=O) groups is 1. The Kier molecular flexibility index (Phi) is 3.51. The molecule has 1 fully saturated rings. The highest BCUT2D eigenvalue weighted by molar-refractivity contribution is 5.99. The highest BCUT2D eigenvalue weighted by Gasteiger charge is 2.43. The molecular weight excluding hydrogens is 334 g/mol. The van der Waals surface area contributed by atoms with Crippen molar-refractivity contribution in [2.75, 3.05) is 11.1 Å². The van der Waals surface area contributed by atoms with Crippen molar-refractivity contribution in [2.24, 2.45) is 11.8 Å². The summed E-state index contributed by atoms with van der Waals surface area (Å²) in [5.74, 6) is -0.830. The zero-order valence-corrected chi connectivity index (χ0v) is 13.9. The number of anilines is 2. The van der Waals surface area contributed by atoms with E-state index in [9.17, 15) is 9.59 Å². The van der Waals surface area contributed by atoms with E-state index < -0.39 is 5.76 Å². The third kappa shape index (κ3) is 2.59. The summed E-state index contributed by atoms with van der Waals surface area (Å²) >= 11 is 0. The van der Waals surface area contributed by atoms with Gasteiger partial charge in [-0.25, -0.2) is 14.3 Å². The standard InChI is InChI=1S/C18H15N5O3/c1-9-8-26-18(25)23(9)12-2-10-4-16(21-7-14(10)15(20)5-12)22-17(24)13-3-11(13)6-19/h2,4-5,7-8,11,13H,3,20H2,1H3,(H,21,22,24)/t11-,13+/m0/s1. The molecule has 26 heavy (non-hydrogen) atoms. The Hall–Kier alpha value is -3.60. The van der Waals surface area contributed by atoms with Crippen LogP contribution in [0.3, 0.4) is 0 Å². The number of aryl methyl sites for hydroxylation is 1. The second-order valence-corrected chi connectivity index (χ2v) is 6.37. The van der Waals surface area contributed by atoms with Gasteiger partial charge in [-0.2, -0.15) is 5.26 Å². The Morgan fingerprint density at radius 1 is 1.46 bits per heavy atom. The lowest BCUT2D eigenvalue weighted by atomic mass is 10.1. The lowest BCUT2D eigenvalue weighted by Gasteiger charge is -2.10. The van der Waals surface area contributed by atoms with Gasteiger partial charge in [-0.1, -0.05) is 0 Å². The van der Waals surface area contributed by atoms with E-state index in [2.05, 4.69) is 16.4 Å². The first-order valence-corrected chi connectivity index (χ1v) is 8.05. The first-order valence-electron chi connectivity index (χ1n) is 8.05. The number of nitriles is 1. The molecule has 8 nitrogen and oxygen atoms in total. The highest BCUT2D eigenvalue weighted by atomic mass is 16.4. The van der Waals surface area contributed by atoms with Crippen LogP contribution in [-0.4, -0.2) is 15.5 Å². The smallest absolute Gasteiger partial charge is 0.416 e. The summed E-state index contributed by atoms with van der Waals surface area (Å²) < 4.78 is 6.32. The van der Waals surface area contributed by atoms with Crippen molar-refractivity contribution in [3.8, 4) is 11.8 Å². The molecule has 4 rings (SSSR count). The van der Waals surface area contributed by atoms with Crippen LogP contribution >= 0.6 is 0 Å². The van der Waals surface area contributed by atoms with Crippen molar-refractivity contribution < 1.29 is 9.21 Å². The van der Waals surface area contributed by atoms with Gasteiger partial charge in [0, 0.05) is 17.3 Å². The second-order valence-electron chi connectivity index (χ2n) is 6.37. The molecule has 3 N–H and O–H groups in total. The van der Waals surface area contributed by atoms with Crippen molar-refractivity contribution in [1.82, 2.24) is 9.55 Å². The molecular formula is C18H15N5O3. The van der Waals surface area contributed by atoms with E-state index in [-0.39, 0.29) is 17.7 Å². The minimum atomic E-state index is -0.500. The summed E-state index contributed by atoms with van der Waals surface area (Å²) in [6, 6.07) is 7.23. The van der Waals surface area contributed by atoms with Crippen LogP contribution in [0.5, 0.6) is 0 Å². The fraction of sp³-hybridized carbons (Fsp3) is 0.222. The van der Waals surface area contributed by atoms with Crippen molar-refractivity contribution in [1.29, 1.82) is 5.26 Å². The van der Waals surface area contributed by atoms with Gasteiger partial charge in [0.25, 0.3) is 0 Å². The van der Waals surface area contributed by atoms with Crippen molar-refractivity contribution >= 4 is 28.2 Å². The zero-order chi connectivity index (χ0) is 18.4. The van der Waals surface area contributed by atoms with E-state index in [0.29, 0.717) is 34.7 Å². The fourth-order valence-corrected chi connectivity index (χ4v) is 3.01. The van der Waals surface area contributed by atoms with E-state index >= 15 is 0 Å². The maximum atomic E-state index is 12.1. The molecule has 1 aliphatic rings. The first kappa shape index (κ1) is 15.9. The number of benzene rings is 1. The quantitative estimate of drug-likeness (QED) is 0.696. The molecule has 0 aliphatic heterocycles. The number of nitrogens with zero attached hydrogens (tertiary/aromatic N) is 3. The van der Waals surface area contributed by atoms with Gasteiger partial charge in [-0.05, 0) is 36.9 Å². The lowest BCUT2D eigenvalue weighted by molar-refractivity contribution is -0.117. The van der Waals surface area contributed by atoms with E-state index in [4.69, 9.17) is 15.4 Å². The minimum absolute atomic E-state index is 0.213. The zero-order valence-electron chi connectivity index (χ0n) is 13.9. The van der Waals surface area contributed by atoms with Crippen LogP contribution in [0.15, 0.2) is 39.9 Å². The van der Waals surface area contributed by atoms with Gasteiger partial charge >= 0.3 is 5.76 Å². The van der Waals surface area contributed by atoms with Crippen LogP contribution in [-0.2, 0) is 4.79 Å². The molecule has 130 valence electrons. The number of rotatable bonds is 3. The number of carbonyl (C=O) groups excluding carboxylic acids is 1. The average Bonchev–Trinajstić information content (AvgIpc) is 3.33. The molecule has 1 aliphatic carbocycles. The van der Waals surface area contributed by atoms with Crippen LogP contribution < -0.4 is 16.8 Å². The Labute approximate surface area is 147 Å². The molecule has 2 atom stereocenters. The van der Waals surface area contributed by atoms with Gasteiger partial charge in [-0.3, -0.25) is 4.79 Å². The predicted molar refractivity (Wildman–Crippen MR) is 94.6 cm³/mol. The van der Waals surface area contributed by atoms with Gasteiger partial charge in [0.15, 0.2) is 0 Å². The number of hydrogen-bond donors (Lipinski definition) is 2. The number of aromatic nitrogens is 2. The highest BCUT2D eigenvalue weighted by Crippen LogP contribution is 2.38. The average molecular weight is 349 g/mol. The maximum absolute atomic E-state index is 12.1. The minimum Gasteiger partial charge on any atom is -0.416 e. The SMILES string of the molecule is Cc1coc(=O)n1-c1cc(N)c2cnc(NC(=O)[C@@H]3C[C@H]3C#N)cc2c1. The number of nitrogen functional groups attached to an aromatic ring is 1. The molecule has 8 heteroatoms. The number of fused-ring (bicyclic) bond motifs is 1. The molecule has 0 spiro atoms. The summed E-state index contributed by atoms with van der Waals surface area (Å²) in [5.41, 5.74) is 7.78. The van der Waals surface area contributed by atoms with Gasteiger partial charge in [0.2, 0.25) is 5.91 Å². The van der Waals surface area contributed by atoms with E-state index in [1.54, 1.807) is 31.3 Å². The molecule has 2 aromatic heterocycles.